The molecule has 0 radical (unpaired) electrons. The fraction of sp³-hybridized carbons (Fsp3) is 0.208. The number of fused-ring (bicyclic) bond motifs is 1. The van der Waals surface area contributed by atoms with E-state index in [2.05, 4.69) is 55.9 Å². The van der Waals surface area contributed by atoms with Gasteiger partial charge in [0.1, 0.15) is 12.1 Å². The minimum atomic E-state index is -0.190. The van der Waals surface area contributed by atoms with Gasteiger partial charge in [-0.15, -0.1) is 11.3 Å². The molecule has 1 amide bonds. The molecule has 0 bridgehead atoms. The number of carbonyl (C=O) groups excluding carboxylic acids is 1. The molecule has 5 rings (SSSR count). The minimum absolute atomic E-state index is 0.0762. The van der Waals surface area contributed by atoms with Gasteiger partial charge in [-0.2, -0.15) is 0 Å². The minimum Gasteiger partial charge on any atom is -0.356 e. The van der Waals surface area contributed by atoms with Gasteiger partial charge >= 0.3 is 0 Å². The van der Waals surface area contributed by atoms with Crippen LogP contribution in [-0.4, -0.2) is 35.0 Å². The number of nitrogens with one attached hydrogen (secondary N) is 1. The molecule has 32 heavy (non-hydrogen) atoms. The molecule has 0 saturated carbocycles. The molecule has 3 heterocycles. The van der Waals surface area contributed by atoms with Crippen molar-refractivity contribution in [1.29, 1.82) is 0 Å². The molecule has 1 N–H and O–H groups in total. The summed E-state index contributed by atoms with van der Waals surface area (Å²) in [6, 6.07) is 15.7. The lowest BCUT2D eigenvalue weighted by Gasteiger charge is -2.33. The Kier molecular flexibility index (Phi) is 6.00. The predicted molar refractivity (Wildman–Crippen MR) is 132 cm³/mol. The number of hydrogen-bond acceptors (Lipinski definition) is 5. The summed E-state index contributed by atoms with van der Waals surface area (Å²) in [5.41, 5.74) is 2.51. The monoisotopic (exact) mass is 482 g/mol. The summed E-state index contributed by atoms with van der Waals surface area (Å²) >= 11 is 14.0. The van der Waals surface area contributed by atoms with Crippen molar-refractivity contribution in [2.45, 2.75) is 18.9 Å². The van der Waals surface area contributed by atoms with Crippen LogP contribution in [0.15, 0.2) is 60.2 Å². The van der Waals surface area contributed by atoms with E-state index in [1.807, 2.05) is 0 Å². The molecule has 8 heteroatoms. The van der Waals surface area contributed by atoms with Crippen LogP contribution in [0.1, 0.15) is 23.2 Å². The number of amides is 1. The van der Waals surface area contributed by atoms with Crippen molar-refractivity contribution in [1.82, 2.24) is 15.3 Å². The Bertz CT molecular complexity index is 1270. The van der Waals surface area contributed by atoms with Crippen molar-refractivity contribution >= 4 is 57.2 Å². The van der Waals surface area contributed by atoms with Crippen molar-refractivity contribution in [3.05, 3.63) is 75.8 Å². The Morgan fingerprint density at radius 3 is 2.69 bits per heavy atom. The van der Waals surface area contributed by atoms with E-state index in [9.17, 15) is 4.79 Å². The largest absolute Gasteiger partial charge is 0.356 e. The SMILES string of the molecule is O=C(NC1CCN(c2ncnc3cc(-c4cccs4)ccc23)CC1)c1cccc(Cl)c1Cl. The Labute approximate surface area is 200 Å². The Hall–Kier alpha value is -2.67. The predicted octanol–water partition coefficient (Wildman–Crippen LogP) is 6.06. The molecule has 1 fully saturated rings. The second-order valence-corrected chi connectivity index (χ2v) is 9.48. The lowest BCUT2D eigenvalue weighted by atomic mass is 10.0. The quantitative estimate of drug-likeness (QED) is 0.383. The highest BCUT2D eigenvalue weighted by molar-refractivity contribution is 7.13. The van der Waals surface area contributed by atoms with Crippen LogP contribution in [0.3, 0.4) is 0 Å². The molecule has 2 aromatic heterocycles. The van der Waals surface area contributed by atoms with Crippen LogP contribution in [0.2, 0.25) is 10.0 Å². The molecule has 1 saturated heterocycles. The standard InChI is InChI=1S/C24H20Cl2N4OS/c25-19-4-1-3-18(22(19)26)24(31)29-16-8-10-30(11-9-16)23-17-7-6-15(21-5-2-12-32-21)13-20(17)27-14-28-23/h1-7,12-14,16H,8-11H2,(H,29,31). The van der Waals surface area contributed by atoms with Crippen molar-refractivity contribution in [2.75, 3.05) is 18.0 Å². The second-order valence-electron chi connectivity index (χ2n) is 7.74. The fourth-order valence-corrected chi connectivity index (χ4v) is 5.18. The second kappa shape index (κ2) is 9.06. The van der Waals surface area contributed by atoms with Crippen LogP contribution in [0.4, 0.5) is 5.82 Å². The summed E-state index contributed by atoms with van der Waals surface area (Å²) in [6.07, 6.45) is 3.27. The molecular weight excluding hydrogens is 463 g/mol. The summed E-state index contributed by atoms with van der Waals surface area (Å²) < 4.78 is 0. The maximum absolute atomic E-state index is 12.7. The Morgan fingerprint density at radius 1 is 1.06 bits per heavy atom. The van der Waals surface area contributed by atoms with Gasteiger partial charge in [0.25, 0.3) is 5.91 Å². The number of hydrogen-bond donors (Lipinski definition) is 1. The number of rotatable bonds is 4. The van der Waals surface area contributed by atoms with Crippen molar-refractivity contribution in [3.63, 3.8) is 0 Å². The van der Waals surface area contributed by atoms with Crippen molar-refractivity contribution < 1.29 is 4.79 Å². The van der Waals surface area contributed by atoms with E-state index < -0.39 is 0 Å². The first-order valence-electron chi connectivity index (χ1n) is 10.4. The lowest BCUT2D eigenvalue weighted by molar-refractivity contribution is 0.0931. The molecule has 0 aliphatic carbocycles. The van der Waals surface area contributed by atoms with E-state index in [1.54, 1.807) is 35.9 Å². The van der Waals surface area contributed by atoms with Crippen LogP contribution in [0, 0.1) is 0 Å². The third-order valence-corrected chi connectivity index (χ3v) is 7.48. The summed E-state index contributed by atoms with van der Waals surface area (Å²) in [5.74, 6) is 0.750. The summed E-state index contributed by atoms with van der Waals surface area (Å²) in [4.78, 5) is 25.2. The van der Waals surface area contributed by atoms with E-state index in [-0.39, 0.29) is 11.9 Å². The Morgan fingerprint density at radius 2 is 1.91 bits per heavy atom. The topological polar surface area (TPSA) is 58.1 Å². The maximum atomic E-state index is 12.7. The van der Waals surface area contributed by atoms with Gasteiger partial charge in [-0.1, -0.05) is 41.4 Å². The van der Waals surface area contributed by atoms with Crippen LogP contribution in [-0.2, 0) is 0 Å². The number of piperidine rings is 1. The highest BCUT2D eigenvalue weighted by atomic mass is 35.5. The van der Waals surface area contributed by atoms with Crippen LogP contribution < -0.4 is 10.2 Å². The van der Waals surface area contributed by atoms with Gasteiger partial charge in [-0.05, 0) is 54.1 Å². The Balaban J connectivity index is 1.29. The van der Waals surface area contributed by atoms with Crippen LogP contribution in [0.5, 0.6) is 0 Å². The van der Waals surface area contributed by atoms with Crippen LogP contribution in [0.25, 0.3) is 21.3 Å². The number of nitrogens with zero attached hydrogens (tertiary/aromatic N) is 3. The summed E-state index contributed by atoms with van der Waals surface area (Å²) in [5, 5.41) is 6.89. The first-order valence-corrected chi connectivity index (χ1v) is 12.0. The van der Waals surface area contributed by atoms with Gasteiger partial charge in [0.05, 0.1) is 21.1 Å². The van der Waals surface area contributed by atoms with Gasteiger partial charge in [-0.25, -0.2) is 9.97 Å². The van der Waals surface area contributed by atoms with Gasteiger partial charge in [0.15, 0.2) is 0 Å². The zero-order valence-electron chi connectivity index (χ0n) is 17.1. The van der Waals surface area contributed by atoms with Gasteiger partial charge in [0, 0.05) is 29.4 Å². The number of aromatic nitrogens is 2. The molecule has 4 aromatic rings. The summed E-state index contributed by atoms with van der Waals surface area (Å²) in [6.45, 7) is 1.60. The van der Waals surface area contributed by atoms with Crippen LogP contribution >= 0.6 is 34.5 Å². The molecular formula is C24H20Cl2N4OS. The highest BCUT2D eigenvalue weighted by Crippen LogP contribution is 2.31. The first kappa shape index (κ1) is 21.2. The van der Waals surface area contributed by atoms with E-state index in [4.69, 9.17) is 23.2 Å². The van der Waals surface area contributed by atoms with E-state index in [0.29, 0.717) is 15.6 Å². The number of halogens is 2. The fourth-order valence-electron chi connectivity index (χ4n) is 4.07. The molecule has 1 aliphatic rings. The molecule has 0 unspecified atom stereocenters. The van der Waals surface area contributed by atoms with Gasteiger partial charge in [0.2, 0.25) is 0 Å². The first-order chi connectivity index (χ1) is 15.6. The lowest BCUT2D eigenvalue weighted by Crippen LogP contribution is -2.45. The smallest absolute Gasteiger partial charge is 0.253 e. The molecule has 1 aliphatic heterocycles. The third kappa shape index (κ3) is 4.18. The van der Waals surface area contributed by atoms with E-state index in [1.165, 1.54) is 10.4 Å². The van der Waals surface area contributed by atoms with Gasteiger partial charge in [-0.3, -0.25) is 4.79 Å². The van der Waals surface area contributed by atoms with E-state index in [0.717, 1.165) is 42.7 Å². The number of benzene rings is 2. The zero-order valence-corrected chi connectivity index (χ0v) is 19.4. The maximum Gasteiger partial charge on any atom is 0.253 e. The molecule has 0 spiro atoms. The molecule has 5 nitrogen and oxygen atoms in total. The summed E-state index contributed by atoms with van der Waals surface area (Å²) in [7, 11) is 0. The van der Waals surface area contributed by atoms with E-state index >= 15 is 0 Å². The number of thiophene rings is 1. The number of carbonyl (C=O) groups is 1. The normalized spacial score (nSPS) is 14.6. The average Bonchev–Trinajstić information content (AvgIpc) is 3.36. The van der Waals surface area contributed by atoms with Gasteiger partial charge < -0.3 is 10.2 Å². The average molecular weight is 483 g/mol. The number of anilines is 1. The zero-order chi connectivity index (χ0) is 22.1. The molecule has 162 valence electrons. The molecule has 0 atom stereocenters. The van der Waals surface area contributed by atoms with Crippen molar-refractivity contribution in [2.24, 2.45) is 0 Å². The highest BCUT2D eigenvalue weighted by Gasteiger charge is 2.24. The molecule has 2 aromatic carbocycles. The third-order valence-electron chi connectivity index (χ3n) is 5.75. The van der Waals surface area contributed by atoms with Crippen molar-refractivity contribution in [3.8, 4) is 10.4 Å².